The molecule has 0 saturated heterocycles. The van der Waals surface area contributed by atoms with Crippen LogP contribution in [0.25, 0.3) is 6.08 Å². The van der Waals surface area contributed by atoms with Gasteiger partial charge in [0.05, 0.1) is 16.7 Å². The zero-order chi connectivity index (χ0) is 18.2. The van der Waals surface area contributed by atoms with Crippen LogP contribution in [0.15, 0.2) is 48.5 Å². The molecule has 1 N–H and O–H groups in total. The van der Waals surface area contributed by atoms with Crippen molar-refractivity contribution >= 4 is 35.2 Å². The fourth-order valence-electron chi connectivity index (χ4n) is 1.79. The highest BCUT2D eigenvalue weighted by Gasteiger charge is 2.06. The Morgan fingerprint density at radius 3 is 2.60 bits per heavy atom. The smallest absolute Gasteiger partial charge is 0.331 e. The lowest BCUT2D eigenvalue weighted by atomic mass is 10.2. The number of nitriles is 1. The lowest BCUT2D eigenvalue weighted by Gasteiger charge is -2.05. The third-order valence-electron chi connectivity index (χ3n) is 3.00. The van der Waals surface area contributed by atoms with Gasteiger partial charge < -0.3 is 10.1 Å². The lowest BCUT2D eigenvalue weighted by Crippen LogP contribution is -2.20. The number of amides is 1. The number of benzene rings is 2. The van der Waals surface area contributed by atoms with Gasteiger partial charge in [0.1, 0.15) is 5.82 Å². The van der Waals surface area contributed by atoms with Crippen molar-refractivity contribution in [1.29, 1.82) is 5.26 Å². The number of esters is 1. The fourth-order valence-corrected chi connectivity index (χ4v) is 1.98. The second-order valence-corrected chi connectivity index (χ2v) is 5.26. The minimum absolute atomic E-state index is 0.0580. The van der Waals surface area contributed by atoms with Crippen LogP contribution >= 0.6 is 11.6 Å². The average molecular weight is 359 g/mol. The normalized spacial score (nSPS) is 10.3. The first kappa shape index (κ1) is 18.2. The van der Waals surface area contributed by atoms with Crippen molar-refractivity contribution < 1.29 is 18.7 Å². The van der Waals surface area contributed by atoms with Gasteiger partial charge in [-0.05, 0) is 48.0 Å². The molecule has 126 valence electrons. The number of halogens is 2. The maximum Gasteiger partial charge on any atom is 0.331 e. The number of hydrogen-bond donors (Lipinski definition) is 1. The molecule has 0 fully saturated rings. The molecule has 0 aliphatic heterocycles. The van der Waals surface area contributed by atoms with Crippen LogP contribution in [0.1, 0.15) is 11.1 Å². The summed E-state index contributed by atoms with van der Waals surface area (Å²) in [4.78, 5) is 23.3. The van der Waals surface area contributed by atoms with Gasteiger partial charge in [-0.15, -0.1) is 0 Å². The van der Waals surface area contributed by atoms with Crippen LogP contribution in [0.2, 0.25) is 5.02 Å². The number of carbonyl (C=O) groups is 2. The maximum atomic E-state index is 13.0. The second-order valence-electron chi connectivity index (χ2n) is 4.85. The van der Waals surface area contributed by atoms with E-state index in [1.807, 2.05) is 6.07 Å². The average Bonchev–Trinajstić information content (AvgIpc) is 2.61. The first-order valence-electron chi connectivity index (χ1n) is 7.08. The molecule has 0 aliphatic rings. The molecule has 2 aromatic rings. The molecule has 2 rings (SSSR count). The highest BCUT2D eigenvalue weighted by molar-refractivity contribution is 6.30. The van der Waals surface area contributed by atoms with Crippen molar-refractivity contribution in [2.24, 2.45) is 0 Å². The summed E-state index contributed by atoms with van der Waals surface area (Å²) in [7, 11) is 0. The summed E-state index contributed by atoms with van der Waals surface area (Å²) in [5.41, 5.74) is 1.47. The van der Waals surface area contributed by atoms with E-state index in [0.29, 0.717) is 16.8 Å². The Balaban J connectivity index is 1.82. The molecular weight excluding hydrogens is 347 g/mol. The van der Waals surface area contributed by atoms with E-state index in [9.17, 15) is 14.0 Å². The quantitative estimate of drug-likeness (QED) is 0.655. The molecule has 0 aliphatic carbocycles. The lowest BCUT2D eigenvalue weighted by molar-refractivity contribution is -0.142. The molecule has 5 nitrogen and oxygen atoms in total. The van der Waals surface area contributed by atoms with Crippen molar-refractivity contribution in [1.82, 2.24) is 0 Å². The summed E-state index contributed by atoms with van der Waals surface area (Å²) in [6.07, 6.45) is 2.50. The Morgan fingerprint density at radius 1 is 1.24 bits per heavy atom. The van der Waals surface area contributed by atoms with Gasteiger partial charge in [-0.1, -0.05) is 17.7 Å². The summed E-state index contributed by atoms with van der Waals surface area (Å²) in [5.74, 6) is -1.80. The maximum absolute atomic E-state index is 13.0. The number of rotatable bonds is 5. The topological polar surface area (TPSA) is 79.2 Å². The van der Waals surface area contributed by atoms with Crippen molar-refractivity contribution in [2.45, 2.75) is 0 Å². The minimum atomic E-state index is -0.726. The summed E-state index contributed by atoms with van der Waals surface area (Å²) >= 11 is 5.63. The zero-order valence-corrected chi connectivity index (χ0v) is 13.6. The molecule has 0 saturated carbocycles. The van der Waals surface area contributed by atoms with Gasteiger partial charge in [0.25, 0.3) is 5.91 Å². The highest BCUT2D eigenvalue weighted by Crippen LogP contribution is 2.16. The first-order chi connectivity index (χ1) is 12.0. The van der Waals surface area contributed by atoms with Gasteiger partial charge in [-0.2, -0.15) is 5.26 Å². The third kappa shape index (κ3) is 5.75. The predicted octanol–water partition coefficient (Wildman–Crippen LogP) is 3.55. The number of hydrogen-bond acceptors (Lipinski definition) is 4. The van der Waals surface area contributed by atoms with Crippen LogP contribution in [0.5, 0.6) is 0 Å². The minimum Gasteiger partial charge on any atom is -0.452 e. The molecule has 0 atom stereocenters. The van der Waals surface area contributed by atoms with Gasteiger partial charge >= 0.3 is 5.97 Å². The van der Waals surface area contributed by atoms with Gasteiger partial charge in [-0.3, -0.25) is 4.79 Å². The number of carbonyl (C=O) groups excluding carboxylic acids is 2. The van der Waals surface area contributed by atoms with Crippen molar-refractivity contribution in [2.75, 3.05) is 11.9 Å². The molecule has 0 radical (unpaired) electrons. The summed E-state index contributed by atoms with van der Waals surface area (Å²) < 4.78 is 17.8. The predicted molar refractivity (Wildman–Crippen MR) is 91.2 cm³/mol. The Bertz CT molecular complexity index is 858. The molecule has 25 heavy (non-hydrogen) atoms. The molecule has 0 spiro atoms. The van der Waals surface area contributed by atoms with E-state index in [1.54, 1.807) is 24.3 Å². The van der Waals surface area contributed by atoms with E-state index in [1.165, 1.54) is 24.3 Å². The van der Waals surface area contributed by atoms with Gasteiger partial charge in [0.15, 0.2) is 6.61 Å². The first-order valence-corrected chi connectivity index (χ1v) is 7.45. The Hall–Kier alpha value is -3.17. The largest absolute Gasteiger partial charge is 0.452 e. The number of nitrogens with zero attached hydrogens (tertiary/aromatic N) is 1. The zero-order valence-electron chi connectivity index (χ0n) is 12.8. The standard InChI is InChI=1S/C18H12ClFN2O3/c19-15-9-12(3-7-16(15)20)4-8-18(24)25-11-17(23)22-14-5-1-13(10-21)2-6-14/h1-9H,11H2,(H,22,23)/b8-4+. The van der Waals surface area contributed by atoms with Crippen LogP contribution in [-0.4, -0.2) is 18.5 Å². The van der Waals surface area contributed by atoms with Crippen molar-refractivity contribution in [3.05, 3.63) is 70.5 Å². The Labute approximate surface area is 148 Å². The van der Waals surface area contributed by atoms with Crippen molar-refractivity contribution in [3.8, 4) is 6.07 Å². The number of anilines is 1. The molecule has 7 heteroatoms. The second kappa shape index (κ2) is 8.62. The van der Waals surface area contributed by atoms with E-state index in [4.69, 9.17) is 21.6 Å². The van der Waals surface area contributed by atoms with Crippen LogP contribution in [0.3, 0.4) is 0 Å². The van der Waals surface area contributed by atoms with Crippen molar-refractivity contribution in [3.63, 3.8) is 0 Å². The van der Waals surface area contributed by atoms with Gasteiger partial charge in [0.2, 0.25) is 0 Å². The fraction of sp³-hybridized carbons (Fsp3) is 0.0556. The van der Waals surface area contributed by atoms with Crippen LogP contribution in [-0.2, 0) is 14.3 Å². The van der Waals surface area contributed by atoms with E-state index in [0.717, 1.165) is 6.08 Å². The molecule has 2 aromatic carbocycles. The molecule has 1 amide bonds. The van der Waals surface area contributed by atoms with Gasteiger partial charge in [-0.25, -0.2) is 9.18 Å². The van der Waals surface area contributed by atoms with E-state index in [2.05, 4.69) is 5.32 Å². The van der Waals surface area contributed by atoms with E-state index < -0.39 is 24.3 Å². The molecule has 0 bridgehead atoms. The number of ether oxygens (including phenoxy) is 1. The van der Waals surface area contributed by atoms with Crippen LogP contribution in [0, 0.1) is 17.1 Å². The molecular formula is C18H12ClFN2O3. The Kier molecular flexibility index (Phi) is 6.26. The highest BCUT2D eigenvalue weighted by atomic mass is 35.5. The van der Waals surface area contributed by atoms with Gasteiger partial charge in [0, 0.05) is 11.8 Å². The molecule has 0 unspecified atom stereocenters. The molecule has 0 heterocycles. The van der Waals surface area contributed by atoms with E-state index in [-0.39, 0.29) is 5.02 Å². The summed E-state index contributed by atoms with van der Waals surface area (Å²) in [6, 6.07) is 12.2. The monoisotopic (exact) mass is 358 g/mol. The molecule has 0 aromatic heterocycles. The van der Waals surface area contributed by atoms with Crippen LogP contribution in [0.4, 0.5) is 10.1 Å². The summed E-state index contributed by atoms with van der Waals surface area (Å²) in [5, 5.41) is 11.2. The van der Waals surface area contributed by atoms with E-state index >= 15 is 0 Å². The summed E-state index contributed by atoms with van der Waals surface area (Å²) in [6.45, 7) is -0.465. The SMILES string of the molecule is N#Cc1ccc(NC(=O)COC(=O)/C=C/c2ccc(F)c(Cl)c2)cc1. The third-order valence-corrected chi connectivity index (χ3v) is 3.29. The Morgan fingerprint density at radius 2 is 1.96 bits per heavy atom. The number of nitrogens with one attached hydrogen (secondary N) is 1. The van der Waals surface area contributed by atoms with Crippen LogP contribution < -0.4 is 5.32 Å².